The largest absolute Gasteiger partial charge is 0.451 e. The lowest BCUT2D eigenvalue weighted by molar-refractivity contribution is -0.131. The van der Waals surface area contributed by atoms with E-state index in [1.807, 2.05) is 19.9 Å². The first-order valence-electron chi connectivity index (χ1n) is 12.5. The second kappa shape index (κ2) is 11.7. The van der Waals surface area contributed by atoms with E-state index in [-0.39, 0.29) is 41.0 Å². The van der Waals surface area contributed by atoms with Crippen molar-refractivity contribution in [3.63, 3.8) is 0 Å². The van der Waals surface area contributed by atoms with Crippen LogP contribution in [0.15, 0.2) is 63.9 Å². The van der Waals surface area contributed by atoms with Gasteiger partial charge in [0.1, 0.15) is 11.6 Å². The number of para-hydroxylation sites is 1. The normalized spacial score (nSPS) is 17.8. The molecule has 1 saturated heterocycles. The highest BCUT2D eigenvalue weighted by atomic mass is 35.5. The van der Waals surface area contributed by atoms with Crippen molar-refractivity contribution in [1.29, 1.82) is 0 Å². The molecule has 1 aliphatic heterocycles. The summed E-state index contributed by atoms with van der Waals surface area (Å²) in [5.41, 5.74) is 0.536. The lowest BCUT2D eigenvalue weighted by Gasteiger charge is -2.30. The summed E-state index contributed by atoms with van der Waals surface area (Å²) in [5.74, 6) is -1.61. The SMILES string of the molecule is CC(C)CC(NC(=O)c1cc2ccccc2o1)C(=O)N[C@@H]1C(=O)CCCCN1S(=O)(=O)c1cccc(Cl)c1. The third kappa shape index (κ3) is 6.25. The van der Waals surface area contributed by atoms with E-state index in [1.165, 1.54) is 18.2 Å². The summed E-state index contributed by atoms with van der Waals surface area (Å²) in [6.45, 7) is 3.83. The molecule has 2 atom stereocenters. The van der Waals surface area contributed by atoms with Gasteiger partial charge in [0.2, 0.25) is 15.9 Å². The average molecular weight is 560 g/mol. The predicted molar refractivity (Wildman–Crippen MR) is 143 cm³/mol. The Morgan fingerprint density at radius 1 is 1.11 bits per heavy atom. The summed E-state index contributed by atoms with van der Waals surface area (Å²) in [7, 11) is -4.15. The van der Waals surface area contributed by atoms with Gasteiger partial charge in [-0.15, -0.1) is 0 Å². The number of hydrogen-bond donors (Lipinski definition) is 2. The number of carbonyl (C=O) groups is 3. The third-order valence-corrected chi connectivity index (χ3v) is 8.40. The Hall–Kier alpha value is -3.21. The maximum absolute atomic E-state index is 13.5. The van der Waals surface area contributed by atoms with Gasteiger partial charge in [0.15, 0.2) is 17.7 Å². The van der Waals surface area contributed by atoms with Crippen molar-refractivity contribution in [3.8, 4) is 0 Å². The number of amides is 2. The van der Waals surface area contributed by atoms with Crippen molar-refractivity contribution in [2.75, 3.05) is 6.54 Å². The van der Waals surface area contributed by atoms with Crippen LogP contribution in [0.3, 0.4) is 0 Å². The molecular formula is C27H30ClN3O6S. The van der Waals surface area contributed by atoms with Crippen LogP contribution in [0.2, 0.25) is 5.02 Å². The molecule has 1 unspecified atom stereocenters. The minimum absolute atomic E-state index is 0.0119. The third-order valence-electron chi connectivity index (χ3n) is 6.30. The van der Waals surface area contributed by atoms with Crippen molar-refractivity contribution in [1.82, 2.24) is 14.9 Å². The van der Waals surface area contributed by atoms with E-state index in [0.717, 1.165) is 9.69 Å². The molecule has 2 heterocycles. The zero-order valence-corrected chi connectivity index (χ0v) is 22.7. The second-order valence-electron chi connectivity index (χ2n) is 9.71. The van der Waals surface area contributed by atoms with Gasteiger partial charge in [0.05, 0.1) is 4.90 Å². The maximum Gasteiger partial charge on any atom is 0.287 e. The Labute approximate surface area is 226 Å². The standard InChI is InChI=1S/C27H30ClN3O6S/c1-17(2)14-21(29-27(34)24-15-18-8-3-4-12-23(18)37-24)26(33)30-25-22(32)11-5-6-13-31(25)38(35,36)20-10-7-9-19(28)16-20/h3-4,7-10,12,15-17,21,25H,5-6,11,13-14H2,1-2H3,(H,29,34)(H,30,33)/t21?,25-/m0/s1. The first kappa shape index (κ1) is 27.8. The van der Waals surface area contributed by atoms with Crippen LogP contribution in [0, 0.1) is 5.92 Å². The van der Waals surface area contributed by atoms with Gasteiger partial charge in [-0.25, -0.2) is 8.42 Å². The highest BCUT2D eigenvalue weighted by Crippen LogP contribution is 2.25. The number of nitrogens with zero attached hydrogens (tertiary/aromatic N) is 1. The number of hydrogen-bond acceptors (Lipinski definition) is 6. The van der Waals surface area contributed by atoms with Gasteiger partial charge in [-0.3, -0.25) is 14.4 Å². The van der Waals surface area contributed by atoms with Crippen molar-refractivity contribution in [3.05, 3.63) is 65.4 Å². The Balaban J connectivity index is 1.58. The molecule has 11 heteroatoms. The van der Waals surface area contributed by atoms with Crippen molar-refractivity contribution in [2.24, 2.45) is 5.92 Å². The number of fused-ring (bicyclic) bond motifs is 1. The second-order valence-corrected chi connectivity index (χ2v) is 12.0. The molecule has 1 aliphatic rings. The van der Waals surface area contributed by atoms with Crippen LogP contribution in [0.1, 0.15) is 50.1 Å². The van der Waals surface area contributed by atoms with E-state index in [9.17, 15) is 22.8 Å². The van der Waals surface area contributed by atoms with Gasteiger partial charge >= 0.3 is 0 Å². The Bertz CT molecular complexity index is 1420. The molecular weight excluding hydrogens is 530 g/mol. The Morgan fingerprint density at radius 3 is 2.58 bits per heavy atom. The summed E-state index contributed by atoms with van der Waals surface area (Å²) < 4.78 is 33.7. The van der Waals surface area contributed by atoms with Gasteiger partial charge in [0, 0.05) is 23.4 Å². The lowest BCUT2D eigenvalue weighted by atomic mass is 10.0. The highest BCUT2D eigenvalue weighted by Gasteiger charge is 2.39. The van der Waals surface area contributed by atoms with Gasteiger partial charge < -0.3 is 15.1 Å². The molecule has 0 bridgehead atoms. The summed E-state index contributed by atoms with van der Waals surface area (Å²) >= 11 is 6.02. The summed E-state index contributed by atoms with van der Waals surface area (Å²) in [5, 5.41) is 6.29. The fourth-order valence-electron chi connectivity index (χ4n) is 4.43. The molecule has 3 aromatic rings. The number of nitrogens with one attached hydrogen (secondary N) is 2. The molecule has 0 spiro atoms. The van der Waals surface area contributed by atoms with E-state index < -0.39 is 39.8 Å². The molecule has 2 aromatic carbocycles. The van der Waals surface area contributed by atoms with Crippen LogP contribution in [0.5, 0.6) is 0 Å². The van der Waals surface area contributed by atoms with Crippen LogP contribution in [0.4, 0.5) is 0 Å². The molecule has 0 radical (unpaired) electrons. The van der Waals surface area contributed by atoms with Crippen LogP contribution in [-0.4, -0.2) is 49.1 Å². The van der Waals surface area contributed by atoms with Crippen molar-refractivity contribution in [2.45, 2.75) is 56.6 Å². The number of benzene rings is 2. The molecule has 0 aliphatic carbocycles. The Kier molecular flexibility index (Phi) is 8.54. The van der Waals surface area contributed by atoms with E-state index in [4.69, 9.17) is 16.0 Å². The van der Waals surface area contributed by atoms with Crippen LogP contribution in [0.25, 0.3) is 11.0 Å². The molecule has 1 aromatic heterocycles. The Morgan fingerprint density at radius 2 is 1.87 bits per heavy atom. The predicted octanol–water partition coefficient (Wildman–Crippen LogP) is 4.12. The number of ketones is 1. The van der Waals surface area contributed by atoms with Crippen LogP contribution in [-0.2, 0) is 19.6 Å². The summed E-state index contributed by atoms with van der Waals surface area (Å²) in [6, 6.07) is 13.5. The monoisotopic (exact) mass is 559 g/mol. The average Bonchev–Trinajstić information content (AvgIpc) is 3.22. The van der Waals surface area contributed by atoms with Crippen molar-refractivity contribution >= 4 is 50.2 Å². The molecule has 0 saturated carbocycles. The molecule has 4 rings (SSSR count). The fraction of sp³-hybridized carbons (Fsp3) is 0.370. The zero-order chi connectivity index (χ0) is 27.4. The topological polar surface area (TPSA) is 126 Å². The molecule has 2 amide bonds. The lowest BCUT2D eigenvalue weighted by Crippen LogP contribution is -2.58. The molecule has 38 heavy (non-hydrogen) atoms. The maximum atomic E-state index is 13.5. The molecule has 9 nitrogen and oxygen atoms in total. The van der Waals surface area contributed by atoms with Crippen molar-refractivity contribution < 1.29 is 27.2 Å². The number of halogens is 1. The zero-order valence-electron chi connectivity index (χ0n) is 21.1. The number of rotatable bonds is 8. The minimum Gasteiger partial charge on any atom is -0.451 e. The quantitative estimate of drug-likeness (QED) is 0.427. The number of carbonyl (C=O) groups excluding carboxylic acids is 3. The van der Waals surface area contributed by atoms with E-state index in [0.29, 0.717) is 18.4 Å². The van der Waals surface area contributed by atoms with E-state index in [2.05, 4.69) is 10.6 Å². The summed E-state index contributed by atoms with van der Waals surface area (Å²) in [6.07, 6.45) is -0.0835. The van der Waals surface area contributed by atoms with E-state index in [1.54, 1.807) is 30.3 Å². The number of furan rings is 1. The molecule has 1 fully saturated rings. The number of sulfonamides is 1. The first-order chi connectivity index (χ1) is 18.1. The van der Waals surface area contributed by atoms with E-state index >= 15 is 0 Å². The molecule has 202 valence electrons. The number of Topliss-reactive ketones (excluding diaryl/α,β-unsaturated/α-hetero) is 1. The van der Waals surface area contributed by atoms with Crippen LogP contribution < -0.4 is 10.6 Å². The molecule has 2 N–H and O–H groups in total. The van der Waals surface area contributed by atoms with Gasteiger partial charge in [-0.2, -0.15) is 4.31 Å². The van der Waals surface area contributed by atoms with Crippen LogP contribution >= 0.6 is 11.6 Å². The highest BCUT2D eigenvalue weighted by molar-refractivity contribution is 7.89. The van der Waals surface area contributed by atoms with Gasteiger partial charge in [-0.05, 0) is 55.5 Å². The minimum atomic E-state index is -4.15. The smallest absolute Gasteiger partial charge is 0.287 e. The fourth-order valence-corrected chi connectivity index (χ4v) is 6.30. The summed E-state index contributed by atoms with van der Waals surface area (Å²) in [4.78, 5) is 39.4. The van der Waals surface area contributed by atoms with Gasteiger partial charge in [-0.1, -0.05) is 49.7 Å². The first-order valence-corrected chi connectivity index (χ1v) is 14.3. The van der Waals surface area contributed by atoms with Gasteiger partial charge in [0.25, 0.3) is 5.91 Å².